The Balaban J connectivity index is 1.46. The zero-order chi connectivity index (χ0) is 21.1. The molecule has 1 aliphatic rings. The van der Waals surface area contributed by atoms with Gasteiger partial charge in [0.2, 0.25) is 17.8 Å². The van der Waals surface area contributed by atoms with E-state index in [2.05, 4.69) is 36.8 Å². The number of methoxy groups -OCH3 is 1. The molecule has 0 atom stereocenters. The number of ether oxygens (including phenoxy) is 1. The van der Waals surface area contributed by atoms with Crippen molar-refractivity contribution < 1.29 is 9.15 Å². The van der Waals surface area contributed by atoms with Crippen LogP contribution in [0.15, 0.2) is 34.0 Å². The third-order valence-electron chi connectivity index (χ3n) is 4.72. The summed E-state index contributed by atoms with van der Waals surface area (Å²) in [7, 11) is 3.70. The highest BCUT2D eigenvalue weighted by Gasteiger charge is 2.19. The Hall–Kier alpha value is -2.56. The maximum atomic E-state index is 6.29. The van der Waals surface area contributed by atoms with E-state index < -0.39 is 0 Å². The first-order chi connectivity index (χ1) is 14.5. The van der Waals surface area contributed by atoms with Gasteiger partial charge in [-0.3, -0.25) is 0 Å². The van der Waals surface area contributed by atoms with Crippen LogP contribution in [0.4, 0.5) is 11.9 Å². The predicted molar refractivity (Wildman–Crippen MR) is 117 cm³/mol. The quantitative estimate of drug-likeness (QED) is 0.566. The number of aromatic nitrogens is 4. The van der Waals surface area contributed by atoms with E-state index in [9.17, 15) is 0 Å². The molecular formula is C19H22ClN7O2S. The van der Waals surface area contributed by atoms with Gasteiger partial charge in [0.15, 0.2) is 10.9 Å². The van der Waals surface area contributed by atoms with Crippen molar-refractivity contribution >= 4 is 35.3 Å². The van der Waals surface area contributed by atoms with Crippen LogP contribution < -0.4 is 15.4 Å². The lowest BCUT2D eigenvalue weighted by atomic mass is 10.2. The first-order valence-corrected chi connectivity index (χ1v) is 10.7. The summed E-state index contributed by atoms with van der Waals surface area (Å²) < 4.78 is 11.1. The monoisotopic (exact) mass is 447 g/mol. The van der Waals surface area contributed by atoms with E-state index in [0.29, 0.717) is 39.3 Å². The number of likely N-dealkylation sites (N-methyl/N-ethyl adjacent to an activating group) is 1. The van der Waals surface area contributed by atoms with Crippen LogP contribution in [0.1, 0.15) is 5.89 Å². The van der Waals surface area contributed by atoms with E-state index in [-0.39, 0.29) is 5.95 Å². The fourth-order valence-electron chi connectivity index (χ4n) is 3.02. The van der Waals surface area contributed by atoms with E-state index in [1.165, 1.54) is 11.8 Å². The Labute approximate surface area is 183 Å². The average molecular weight is 448 g/mol. The average Bonchev–Trinajstić information content (AvgIpc) is 3.21. The number of piperazine rings is 1. The van der Waals surface area contributed by atoms with Gasteiger partial charge < -0.3 is 24.7 Å². The minimum atomic E-state index is 0.206. The van der Waals surface area contributed by atoms with Gasteiger partial charge in [-0.2, -0.15) is 15.0 Å². The zero-order valence-corrected chi connectivity index (χ0v) is 18.3. The van der Waals surface area contributed by atoms with Gasteiger partial charge in [-0.25, -0.2) is 4.98 Å². The van der Waals surface area contributed by atoms with Gasteiger partial charge >= 0.3 is 0 Å². The second kappa shape index (κ2) is 9.07. The second-order valence-corrected chi connectivity index (χ2v) is 8.17. The van der Waals surface area contributed by atoms with E-state index in [1.807, 2.05) is 6.07 Å². The van der Waals surface area contributed by atoms with Crippen LogP contribution >= 0.6 is 23.4 Å². The number of hydrogen-bond acceptors (Lipinski definition) is 10. The van der Waals surface area contributed by atoms with Crippen LogP contribution in [0.5, 0.6) is 5.75 Å². The lowest BCUT2D eigenvalue weighted by Gasteiger charge is -2.32. The standard InChI is InChI=1S/C19H22ClN7O2S/c1-26-5-7-27(8-6-26)18-23-17(21)24-19(25-18)30-11-16-22-10-15(29-16)13-9-12(28-2)3-4-14(13)20/h3-4,9-10H,5-8,11H2,1-2H3,(H2,21,23,24,25). The fraction of sp³-hybridized carbons (Fsp3) is 0.368. The maximum Gasteiger partial charge on any atom is 0.231 e. The predicted octanol–water partition coefficient (Wildman–Crippen LogP) is 2.81. The smallest absolute Gasteiger partial charge is 0.231 e. The van der Waals surface area contributed by atoms with Crippen molar-refractivity contribution in [1.82, 2.24) is 24.8 Å². The van der Waals surface area contributed by atoms with Crippen molar-refractivity contribution in [3.63, 3.8) is 0 Å². The number of nitrogen functional groups attached to an aromatic ring is 1. The van der Waals surface area contributed by atoms with Crippen LogP contribution in [0.25, 0.3) is 11.3 Å². The normalized spacial score (nSPS) is 14.8. The molecule has 3 aromatic rings. The van der Waals surface area contributed by atoms with Crippen LogP contribution in [0.3, 0.4) is 0 Å². The minimum Gasteiger partial charge on any atom is -0.497 e. The van der Waals surface area contributed by atoms with E-state index in [0.717, 1.165) is 31.7 Å². The molecule has 0 aliphatic carbocycles. The van der Waals surface area contributed by atoms with Crippen LogP contribution in [-0.2, 0) is 5.75 Å². The largest absolute Gasteiger partial charge is 0.497 e. The van der Waals surface area contributed by atoms with Crippen molar-refractivity contribution in [3.05, 3.63) is 35.3 Å². The van der Waals surface area contributed by atoms with Gasteiger partial charge in [-0.05, 0) is 25.2 Å². The number of anilines is 2. The molecule has 0 unspecified atom stereocenters. The number of benzene rings is 1. The molecule has 0 spiro atoms. The minimum absolute atomic E-state index is 0.206. The summed E-state index contributed by atoms with van der Waals surface area (Å²) in [6.07, 6.45) is 1.65. The van der Waals surface area contributed by atoms with Crippen molar-refractivity contribution in [2.45, 2.75) is 10.9 Å². The number of hydrogen-bond donors (Lipinski definition) is 1. The van der Waals surface area contributed by atoms with Crippen LogP contribution in [-0.4, -0.2) is 65.2 Å². The topological polar surface area (TPSA) is 106 Å². The van der Waals surface area contributed by atoms with Crippen molar-refractivity contribution in [2.75, 3.05) is 51.0 Å². The molecule has 1 saturated heterocycles. The molecule has 11 heteroatoms. The summed E-state index contributed by atoms with van der Waals surface area (Å²) in [6, 6.07) is 5.37. The van der Waals surface area contributed by atoms with Crippen LogP contribution in [0, 0.1) is 0 Å². The molecule has 1 fully saturated rings. The number of nitrogens with zero attached hydrogens (tertiary/aromatic N) is 6. The molecule has 0 bridgehead atoms. The van der Waals surface area contributed by atoms with Gasteiger partial charge in [0.05, 0.1) is 24.1 Å². The summed E-state index contributed by atoms with van der Waals surface area (Å²) in [4.78, 5) is 21.8. The van der Waals surface area contributed by atoms with Gasteiger partial charge in [0.25, 0.3) is 0 Å². The van der Waals surface area contributed by atoms with Crippen molar-refractivity contribution in [3.8, 4) is 17.1 Å². The molecule has 4 rings (SSSR count). The molecule has 3 heterocycles. The summed E-state index contributed by atoms with van der Waals surface area (Å²) in [6.45, 7) is 3.63. The summed E-state index contributed by atoms with van der Waals surface area (Å²) in [5.41, 5.74) is 6.63. The Bertz CT molecular complexity index is 1020. The second-order valence-electron chi connectivity index (χ2n) is 6.82. The number of nitrogens with two attached hydrogens (primary N) is 1. The number of rotatable bonds is 6. The molecular weight excluding hydrogens is 426 g/mol. The first-order valence-electron chi connectivity index (χ1n) is 9.38. The molecule has 1 aliphatic heterocycles. The van der Waals surface area contributed by atoms with Gasteiger partial charge in [0, 0.05) is 31.7 Å². The molecule has 1 aromatic carbocycles. The number of halogens is 1. The molecule has 9 nitrogen and oxygen atoms in total. The van der Waals surface area contributed by atoms with Gasteiger partial charge in [-0.1, -0.05) is 23.4 Å². The molecule has 2 N–H and O–H groups in total. The lowest BCUT2D eigenvalue weighted by Crippen LogP contribution is -2.45. The summed E-state index contributed by atoms with van der Waals surface area (Å²) >= 11 is 7.68. The lowest BCUT2D eigenvalue weighted by molar-refractivity contribution is 0.311. The molecule has 30 heavy (non-hydrogen) atoms. The summed E-state index contributed by atoms with van der Waals surface area (Å²) in [5.74, 6) is 3.07. The third-order valence-corrected chi connectivity index (χ3v) is 5.89. The molecule has 158 valence electrons. The SMILES string of the molecule is COc1ccc(Cl)c(-c2cnc(CSc3nc(N)nc(N4CCN(C)CC4)n3)o2)c1. The van der Waals surface area contributed by atoms with E-state index in [1.54, 1.807) is 25.4 Å². The first kappa shape index (κ1) is 20.7. The van der Waals surface area contributed by atoms with Gasteiger partial charge in [0.1, 0.15) is 5.75 Å². The molecule has 0 amide bonds. The van der Waals surface area contributed by atoms with E-state index >= 15 is 0 Å². The number of thioether (sulfide) groups is 1. The van der Waals surface area contributed by atoms with Crippen molar-refractivity contribution in [2.24, 2.45) is 0 Å². The zero-order valence-electron chi connectivity index (χ0n) is 16.7. The summed E-state index contributed by atoms with van der Waals surface area (Å²) in [5, 5.41) is 1.10. The Morgan fingerprint density at radius 1 is 1.20 bits per heavy atom. The molecule has 0 saturated carbocycles. The third kappa shape index (κ3) is 4.77. The molecule has 2 aromatic heterocycles. The van der Waals surface area contributed by atoms with Gasteiger partial charge in [-0.15, -0.1) is 0 Å². The fourth-order valence-corrected chi connectivity index (χ4v) is 3.92. The Morgan fingerprint density at radius 2 is 2.00 bits per heavy atom. The highest BCUT2D eigenvalue weighted by Crippen LogP contribution is 2.33. The number of oxazole rings is 1. The Kier molecular flexibility index (Phi) is 6.26. The highest BCUT2D eigenvalue weighted by molar-refractivity contribution is 7.98. The van der Waals surface area contributed by atoms with E-state index in [4.69, 9.17) is 26.5 Å². The highest BCUT2D eigenvalue weighted by atomic mass is 35.5. The van der Waals surface area contributed by atoms with Crippen LogP contribution in [0.2, 0.25) is 5.02 Å². The Morgan fingerprint density at radius 3 is 2.77 bits per heavy atom. The maximum absolute atomic E-state index is 6.29. The van der Waals surface area contributed by atoms with Crippen molar-refractivity contribution in [1.29, 1.82) is 0 Å². The molecule has 0 radical (unpaired) electrons.